The van der Waals surface area contributed by atoms with Gasteiger partial charge in [-0.3, -0.25) is 0 Å². The minimum atomic E-state index is -0.0109. The monoisotopic (exact) mass is 356 g/mol. The topological polar surface area (TPSA) is 65.1 Å². The van der Waals surface area contributed by atoms with Crippen molar-refractivity contribution in [2.45, 2.75) is 31.3 Å². The molecule has 7 heteroatoms. The Hall–Kier alpha value is -1.96. The van der Waals surface area contributed by atoms with E-state index < -0.39 is 0 Å². The van der Waals surface area contributed by atoms with Crippen molar-refractivity contribution in [1.29, 1.82) is 0 Å². The standard InChI is InChI=1S/C18H20N4O2S/c1-2-15(25-9-1)17-21-13(11-24-17)10-22-12-19-16-14(22)3-6-20-18(16)4-7-23-8-5-18/h1-2,9,11-12,20H,3-8,10H2. The lowest BCUT2D eigenvalue weighted by molar-refractivity contribution is 0.0322. The van der Waals surface area contributed by atoms with Crippen molar-refractivity contribution in [3.05, 3.63) is 47.2 Å². The quantitative estimate of drug-likeness (QED) is 0.782. The zero-order valence-electron chi connectivity index (χ0n) is 13.9. The number of hydrogen-bond acceptors (Lipinski definition) is 6. The molecule has 5 heterocycles. The van der Waals surface area contributed by atoms with Crippen molar-refractivity contribution in [1.82, 2.24) is 19.9 Å². The molecule has 25 heavy (non-hydrogen) atoms. The van der Waals surface area contributed by atoms with Crippen molar-refractivity contribution in [2.75, 3.05) is 19.8 Å². The lowest BCUT2D eigenvalue weighted by atomic mass is 9.82. The summed E-state index contributed by atoms with van der Waals surface area (Å²) in [7, 11) is 0. The number of oxazole rings is 1. The number of thiophene rings is 1. The number of imidazole rings is 1. The molecule has 3 aromatic heterocycles. The maximum atomic E-state index is 5.65. The Bertz CT molecular complexity index is 862. The molecule has 1 N–H and O–H groups in total. The van der Waals surface area contributed by atoms with Gasteiger partial charge in [-0.15, -0.1) is 11.3 Å². The van der Waals surface area contributed by atoms with Crippen LogP contribution < -0.4 is 5.32 Å². The fraction of sp³-hybridized carbons (Fsp3) is 0.444. The molecule has 0 aliphatic carbocycles. The summed E-state index contributed by atoms with van der Waals surface area (Å²) in [4.78, 5) is 10.5. The number of rotatable bonds is 3. The van der Waals surface area contributed by atoms with Gasteiger partial charge in [0, 0.05) is 31.9 Å². The van der Waals surface area contributed by atoms with Gasteiger partial charge in [-0.05, 0) is 24.3 Å². The van der Waals surface area contributed by atoms with Crippen LogP contribution in [0.4, 0.5) is 0 Å². The molecule has 2 aliphatic rings. The zero-order chi connectivity index (χ0) is 16.7. The minimum Gasteiger partial charge on any atom is -0.443 e. The van der Waals surface area contributed by atoms with Crippen molar-refractivity contribution in [3.8, 4) is 10.8 Å². The van der Waals surface area contributed by atoms with Crippen LogP contribution in [0, 0.1) is 0 Å². The zero-order valence-corrected chi connectivity index (χ0v) is 14.7. The summed E-state index contributed by atoms with van der Waals surface area (Å²) in [6.07, 6.45) is 6.68. The largest absolute Gasteiger partial charge is 0.443 e. The second-order valence-corrected chi connectivity index (χ2v) is 7.61. The van der Waals surface area contributed by atoms with E-state index in [-0.39, 0.29) is 5.54 Å². The van der Waals surface area contributed by atoms with E-state index in [0.29, 0.717) is 12.4 Å². The number of hydrogen-bond donors (Lipinski definition) is 1. The summed E-state index contributed by atoms with van der Waals surface area (Å²) in [5.41, 5.74) is 3.44. The van der Waals surface area contributed by atoms with E-state index in [0.717, 1.165) is 49.6 Å². The second-order valence-electron chi connectivity index (χ2n) is 6.66. The molecule has 1 spiro atoms. The molecule has 6 nitrogen and oxygen atoms in total. The third-order valence-electron chi connectivity index (χ3n) is 5.19. The first kappa shape index (κ1) is 15.3. The summed E-state index contributed by atoms with van der Waals surface area (Å²) in [6.45, 7) is 3.28. The Morgan fingerprint density at radius 3 is 3.08 bits per heavy atom. The van der Waals surface area contributed by atoms with Crippen LogP contribution in [0.3, 0.4) is 0 Å². The van der Waals surface area contributed by atoms with Crippen LogP contribution in [0.1, 0.15) is 29.9 Å². The minimum absolute atomic E-state index is 0.0109. The van der Waals surface area contributed by atoms with Crippen LogP contribution in [0.2, 0.25) is 0 Å². The van der Waals surface area contributed by atoms with Gasteiger partial charge in [-0.2, -0.15) is 0 Å². The molecule has 130 valence electrons. The number of fused-ring (bicyclic) bond motifs is 2. The molecule has 0 amide bonds. The van der Waals surface area contributed by atoms with Crippen LogP contribution in [0.5, 0.6) is 0 Å². The van der Waals surface area contributed by atoms with E-state index >= 15 is 0 Å². The average Bonchev–Trinajstić information content (AvgIpc) is 3.37. The first-order valence-corrected chi connectivity index (χ1v) is 9.58. The van der Waals surface area contributed by atoms with E-state index in [2.05, 4.69) is 14.9 Å². The maximum absolute atomic E-state index is 5.65. The summed E-state index contributed by atoms with van der Waals surface area (Å²) in [6, 6.07) is 4.04. The second kappa shape index (κ2) is 6.09. The average molecular weight is 356 g/mol. The highest BCUT2D eigenvalue weighted by Gasteiger charge is 2.40. The Morgan fingerprint density at radius 1 is 1.32 bits per heavy atom. The van der Waals surface area contributed by atoms with E-state index in [4.69, 9.17) is 14.1 Å². The first-order chi connectivity index (χ1) is 12.3. The van der Waals surface area contributed by atoms with Crippen LogP contribution in [0.25, 0.3) is 10.8 Å². The summed E-state index contributed by atoms with van der Waals surface area (Å²) < 4.78 is 13.4. The van der Waals surface area contributed by atoms with Gasteiger partial charge in [0.2, 0.25) is 5.89 Å². The van der Waals surface area contributed by atoms with Crippen LogP contribution in [0.15, 0.2) is 34.5 Å². The SMILES string of the molecule is c1csc(-c2nc(Cn3cnc4c3CCNC43CCOCC3)co2)c1. The smallest absolute Gasteiger partial charge is 0.236 e. The van der Waals surface area contributed by atoms with Gasteiger partial charge in [0.1, 0.15) is 6.26 Å². The fourth-order valence-electron chi connectivity index (χ4n) is 3.91. The number of aromatic nitrogens is 3. The molecule has 0 atom stereocenters. The van der Waals surface area contributed by atoms with E-state index in [1.165, 1.54) is 11.4 Å². The third kappa shape index (κ3) is 2.63. The lowest BCUT2D eigenvalue weighted by Gasteiger charge is -2.40. The number of nitrogens with one attached hydrogen (secondary N) is 1. The maximum Gasteiger partial charge on any atom is 0.236 e. The van der Waals surface area contributed by atoms with E-state index in [9.17, 15) is 0 Å². The van der Waals surface area contributed by atoms with Crippen molar-refractivity contribution in [3.63, 3.8) is 0 Å². The van der Waals surface area contributed by atoms with Crippen LogP contribution in [-0.2, 0) is 23.2 Å². The Kier molecular flexibility index (Phi) is 3.73. The van der Waals surface area contributed by atoms with E-state index in [1.807, 2.05) is 23.8 Å². The predicted octanol–water partition coefficient (Wildman–Crippen LogP) is 2.80. The van der Waals surface area contributed by atoms with Crippen LogP contribution in [-0.4, -0.2) is 34.3 Å². The number of nitrogens with zero attached hydrogens (tertiary/aromatic N) is 3. The highest BCUT2D eigenvalue weighted by molar-refractivity contribution is 7.13. The molecule has 0 aromatic carbocycles. The van der Waals surface area contributed by atoms with Gasteiger partial charge in [0.15, 0.2) is 0 Å². The molecule has 1 fully saturated rings. The Labute approximate surface area is 149 Å². The van der Waals surface area contributed by atoms with Crippen molar-refractivity contribution < 1.29 is 9.15 Å². The molecule has 5 rings (SSSR count). The molecule has 3 aromatic rings. The molecule has 0 radical (unpaired) electrons. The number of ether oxygens (including phenoxy) is 1. The Morgan fingerprint density at radius 2 is 2.24 bits per heavy atom. The lowest BCUT2D eigenvalue weighted by Crippen LogP contribution is -2.51. The van der Waals surface area contributed by atoms with Crippen molar-refractivity contribution >= 4 is 11.3 Å². The molecule has 1 saturated heterocycles. The molecule has 0 bridgehead atoms. The summed E-state index contributed by atoms with van der Waals surface area (Å²) >= 11 is 1.64. The third-order valence-corrected chi connectivity index (χ3v) is 6.05. The first-order valence-electron chi connectivity index (χ1n) is 8.70. The van der Waals surface area contributed by atoms with Gasteiger partial charge in [-0.25, -0.2) is 9.97 Å². The van der Waals surface area contributed by atoms with Gasteiger partial charge in [0.05, 0.1) is 34.7 Å². The molecular formula is C18H20N4O2S. The van der Waals surface area contributed by atoms with Crippen LogP contribution >= 0.6 is 11.3 Å². The van der Waals surface area contributed by atoms with Crippen molar-refractivity contribution in [2.24, 2.45) is 0 Å². The van der Waals surface area contributed by atoms with Gasteiger partial charge >= 0.3 is 0 Å². The van der Waals surface area contributed by atoms with E-state index in [1.54, 1.807) is 17.6 Å². The summed E-state index contributed by atoms with van der Waals surface area (Å²) in [5.74, 6) is 0.696. The molecule has 0 unspecified atom stereocenters. The predicted molar refractivity (Wildman–Crippen MR) is 94.6 cm³/mol. The highest BCUT2D eigenvalue weighted by atomic mass is 32.1. The van der Waals surface area contributed by atoms with Gasteiger partial charge < -0.3 is 19.0 Å². The fourth-order valence-corrected chi connectivity index (χ4v) is 4.57. The highest BCUT2D eigenvalue weighted by Crippen LogP contribution is 2.36. The molecular weight excluding hydrogens is 336 g/mol. The Balaban J connectivity index is 1.43. The molecule has 2 aliphatic heterocycles. The van der Waals surface area contributed by atoms with Gasteiger partial charge in [-0.1, -0.05) is 6.07 Å². The summed E-state index contributed by atoms with van der Waals surface area (Å²) in [5, 5.41) is 5.74. The van der Waals surface area contributed by atoms with Gasteiger partial charge in [0.25, 0.3) is 0 Å². The molecule has 0 saturated carbocycles. The normalized spacial score (nSPS) is 19.2.